The summed E-state index contributed by atoms with van der Waals surface area (Å²) in [7, 11) is 3.62. The third-order valence-corrected chi connectivity index (χ3v) is 5.17. The van der Waals surface area contributed by atoms with Gasteiger partial charge in [0.1, 0.15) is 12.4 Å². The molecule has 0 radical (unpaired) electrons. The number of hydrogen-bond donors (Lipinski definition) is 1. The van der Waals surface area contributed by atoms with E-state index in [1.54, 1.807) is 7.11 Å². The SMILES string of the molecule is CCN(CC)CCOc1ccccc1CNC(=NC)N1CCC(COC)C1. The highest BCUT2D eigenvalue weighted by atomic mass is 16.5. The Morgan fingerprint density at radius 3 is 2.78 bits per heavy atom. The van der Waals surface area contributed by atoms with Gasteiger partial charge in [-0.1, -0.05) is 32.0 Å². The number of methoxy groups -OCH3 is 1. The first kappa shape index (κ1) is 21.5. The topological polar surface area (TPSA) is 49.3 Å². The first-order valence-electron chi connectivity index (χ1n) is 10.1. The van der Waals surface area contributed by atoms with E-state index in [1.165, 1.54) is 0 Å². The lowest BCUT2D eigenvalue weighted by Gasteiger charge is -2.22. The molecule has 2 rings (SSSR count). The van der Waals surface area contributed by atoms with E-state index in [-0.39, 0.29) is 0 Å². The lowest BCUT2D eigenvalue weighted by Crippen LogP contribution is -2.40. The predicted octanol–water partition coefficient (Wildman–Crippen LogP) is 2.45. The minimum atomic E-state index is 0.587. The number of likely N-dealkylation sites (tertiary alicyclic amines) is 1. The highest BCUT2D eigenvalue weighted by Crippen LogP contribution is 2.19. The van der Waals surface area contributed by atoms with Gasteiger partial charge in [-0.05, 0) is 25.6 Å². The number of guanidine groups is 1. The van der Waals surface area contributed by atoms with Crippen LogP contribution < -0.4 is 10.1 Å². The third-order valence-electron chi connectivity index (χ3n) is 5.17. The van der Waals surface area contributed by atoms with E-state index >= 15 is 0 Å². The fraction of sp³-hybridized carbons (Fsp3) is 0.667. The van der Waals surface area contributed by atoms with Crippen molar-refractivity contribution in [3.05, 3.63) is 29.8 Å². The summed E-state index contributed by atoms with van der Waals surface area (Å²) in [6.45, 7) is 11.7. The van der Waals surface area contributed by atoms with Crippen LogP contribution in [0.5, 0.6) is 5.75 Å². The van der Waals surface area contributed by atoms with Crippen LogP contribution in [0.15, 0.2) is 29.3 Å². The van der Waals surface area contributed by atoms with E-state index in [2.05, 4.69) is 46.1 Å². The molecule has 1 aromatic carbocycles. The van der Waals surface area contributed by atoms with Crippen molar-refractivity contribution in [2.24, 2.45) is 10.9 Å². The average molecular weight is 377 g/mol. The summed E-state index contributed by atoms with van der Waals surface area (Å²) in [4.78, 5) is 9.14. The standard InChI is InChI=1S/C21H36N4O2/c1-5-24(6-2)13-14-27-20-10-8-7-9-19(20)15-23-21(22-3)25-12-11-18(16-25)17-26-4/h7-10,18H,5-6,11-17H2,1-4H3,(H,22,23). The highest BCUT2D eigenvalue weighted by molar-refractivity contribution is 5.80. The molecule has 0 amide bonds. The van der Waals surface area contributed by atoms with Gasteiger partial charge in [0, 0.05) is 51.8 Å². The van der Waals surface area contributed by atoms with Crippen molar-refractivity contribution in [2.75, 3.05) is 60.1 Å². The Labute approximate surface area is 164 Å². The molecule has 0 aliphatic carbocycles. The molecule has 1 aromatic rings. The Balaban J connectivity index is 1.87. The van der Waals surface area contributed by atoms with Crippen molar-refractivity contribution in [3.63, 3.8) is 0 Å². The van der Waals surface area contributed by atoms with Crippen LogP contribution in [-0.2, 0) is 11.3 Å². The zero-order valence-electron chi connectivity index (χ0n) is 17.4. The Morgan fingerprint density at radius 1 is 1.30 bits per heavy atom. The van der Waals surface area contributed by atoms with Gasteiger partial charge in [0.25, 0.3) is 0 Å². The molecule has 6 heteroatoms. The number of likely N-dealkylation sites (N-methyl/N-ethyl adjacent to an activating group) is 1. The molecule has 1 saturated heterocycles. The van der Waals surface area contributed by atoms with Gasteiger partial charge >= 0.3 is 0 Å². The van der Waals surface area contributed by atoms with E-state index in [0.717, 1.165) is 63.0 Å². The summed E-state index contributed by atoms with van der Waals surface area (Å²) in [5, 5.41) is 3.50. The molecule has 1 atom stereocenters. The molecule has 1 unspecified atom stereocenters. The first-order valence-corrected chi connectivity index (χ1v) is 10.1. The number of ether oxygens (including phenoxy) is 2. The van der Waals surface area contributed by atoms with E-state index in [4.69, 9.17) is 9.47 Å². The monoisotopic (exact) mass is 376 g/mol. The summed E-state index contributed by atoms with van der Waals surface area (Å²) in [5.74, 6) is 2.49. The number of benzene rings is 1. The maximum atomic E-state index is 6.06. The van der Waals surface area contributed by atoms with Crippen LogP contribution in [0.3, 0.4) is 0 Å². The summed E-state index contributed by atoms with van der Waals surface area (Å²) in [5.41, 5.74) is 1.16. The lowest BCUT2D eigenvalue weighted by atomic mass is 10.1. The molecule has 0 bridgehead atoms. The zero-order valence-corrected chi connectivity index (χ0v) is 17.4. The van der Waals surface area contributed by atoms with Crippen molar-refractivity contribution in [3.8, 4) is 5.75 Å². The quantitative estimate of drug-likeness (QED) is 0.502. The van der Waals surface area contributed by atoms with Gasteiger partial charge in [-0.2, -0.15) is 0 Å². The van der Waals surface area contributed by atoms with Crippen LogP contribution in [0.4, 0.5) is 0 Å². The Kier molecular flexibility index (Phi) is 9.42. The minimum Gasteiger partial charge on any atom is -0.492 e. The van der Waals surface area contributed by atoms with Gasteiger partial charge in [-0.3, -0.25) is 4.99 Å². The molecule has 1 heterocycles. The summed E-state index contributed by atoms with van der Waals surface area (Å²) >= 11 is 0. The second-order valence-electron chi connectivity index (χ2n) is 6.94. The van der Waals surface area contributed by atoms with E-state index < -0.39 is 0 Å². The van der Waals surface area contributed by atoms with E-state index in [0.29, 0.717) is 19.1 Å². The van der Waals surface area contributed by atoms with Gasteiger partial charge in [-0.15, -0.1) is 0 Å². The molecule has 0 spiro atoms. The van der Waals surface area contributed by atoms with E-state index in [9.17, 15) is 0 Å². The van der Waals surface area contributed by atoms with E-state index in [1.807, 2.05) is 19.2 Å². The van der Waals surface area contributed by atoms with Crippen LogP contribution in [0.1, 0.15) is 25.8 Å². The van der Waals surface area contributed by atoms with Gasteiger partial charge in [0.05, 0.1) is 6.61 Å². The summed E-state index contributed by atoms with van der Waals surface area (Å²) in [6, 6.07) is 8.25. The number of para-hydroxylation sites is 1. The van der Waals surface area contributed by atoms with Crippen molar-refractivity contribution in [2.45, 2.75) is 26.8 Å². The molecule has 0 aromatic heterocycles. The maximum absolute atomic E-state index is 6.06. The van der Waals surface area contributed by atoms with Crippen LogP contribution >= 0.6 is 0 Å². The van der Waals surface area contributed by atoms with Crippen molar-refractivity contribution in [1.82, 2.24) is 15.1 Å². The number of nitrogens with one attached hydrogen (secondary N) is 1. The minimum absolute atomic E-state index is 0.587. The lowest BCUT2D eigenvalue weighted by molar-refractivity contribution is 0.157. The predicted molar refractivity (Wildman–Crippen MR) is 111 cm³/mol. The average Bonchev–Trinajstić information content (AvgIpc) is 3.15. The summed E-state index contributed by atoms with van der Waals surface area (Å²) in [6.07, 6.45) is 1.15. The Morgan fingerprint density at radius 2 is 2.07 bits per heavy atom. The highest BCUT2D eigenvalue weighted by Gasteiger charge is 2.24. The number of rotatable bonds is 10. The van der Waals surface area contributed by atoms with Gasteiger partial charge in [0.15, 0.2) is 5.96 Å². The largest absolute Gasteiger partial charge is 0.492 e. The third kappa shape index (κ3) is 6.70. The van der Waals surface area contributed by atoms with Crippen LogP contribution in [-0.4, -0.2) is 75.9 Å². The molecular formula is C21H36N4O2. The fourth-order valence-electron chi connectivity index (χ4n) is 3.52. The van der Waals surface area contributed by atoms with Crippen LogP contribution in [0.2, 0.25) is 0 Å². The van der Waals surface area contributed by atoms with Crippen LogP contribution in [0.25, 0.3) is 0 Å². The van der Waals surface area contributed by atoms with Crippen molar-refractivity contribution >= 4 is 5.96 Å². The zero-order chi connectivity index (χ0) is 19.5. The van der Waals surface area contributed by atoms with Gasteiger partial charge < -0.3 is 24.6 Å². The number of aliphatic imine (C=N–C) groups is 1. The second kappa shape index (κ2) is 11.8. The molecule has 152 valence electrons. The smallest absolute Gasteiger partial charge is 0.193 e. The Bertz CT molecular complexity index is 575. The van der Waals surface area contributed by atoms with Crippen molar-refractivity contribution < 1.29 is 9.47 Å². The van der Waals surface area contributed by atoms with Gasteiger partial charge in [-0.25, -0.2) is 0 Å². The summed E-state index contributed by atoms with van der Waals surface area (Å²) < 4.78 is 11.4. The first-order chi connectivity index (χ1) is 13.2. The van der Waals surface area contributed by atoms with Crippen LogP contribution in [0, 0.1) is 5.92 Å². The second-order valence-corrected chi connectivity index (χ2v) is 6.94. The number of hydrogen-bond acceptors (Lipinski definition) is 4. The maximum Gasteiger partial charge on any atom is 0.193 e. The molecule has 1 aliphatic heterocycles. The van der Waals surface area contributed by atoms with Gasteiger partial charge in [0.2, 0.25) is 0 Å². The molecule has 1 aliphatic rings. The molecule has 0 saturated carbocycles. The molecule has 1 fully saturated rings. The molecule has 6 nitrogen and oxygen atoms in total. The number of nitrogens with zero attached hydrogens (tertiary/aromatic N) is 3. The normalized spacial score (nSPS) is 17.6. The Hall–Kier alpha value is -1.79. The molecule has 27 heavy (non-hydrogen) atoms. The molecule has 1 N–H and O–H groups in total. The molecular weight excluding hydrogens is 340 g/mol. The van der Waals surface area contributed by atoms with Crippen molar-refractivity contribution in [1.29, 1.82) is 0 Å². The fourth-order valence-corrected chi connectivity index (χ4v) is 3.52.